The van der Waals surface area contributed by atoms with Crippen molar-refractivity contribution >= 4 is 27.2 Å². The zero-order chi connectivity index (χ0) is 11.7. The van der Waals surface area contributed by atoms with Crippen molar-refractivity contribution in [2.45, 2.75) is 19.4 Å². The van der Waals surface area contributed by atoms with Crippen LogP contribution in [0, 0.1) is 0 Å². The summed E-state index contributed by atoms with van der Waals surface area (Å²) in [5.41, 5.74) is 0. The summed E-state index contributed by atoms with van der Waals surface area (Å²) in [5.74, 6) is 1.15. The molecule has 1 unspecified atom stereocenters. The number of thiophene rings is 1. The number of fused-ring (bicyclic) bond motifs is 1. The molecule has 3 rings (SSSR count). The summed E-state index contributed by atoms with van der Waals surface area (Å²) in [7, 11) is 0. The molecule has 1 saturated heterocycles. The van der Waals surface area contributed by atoms with Crippen LogP contribution < -0.4 is 10.2 Å². The highest BCUT2D eigenvalue weighted by atomic mass is 32.1. The molecule has 1 aliphatic rings. The number of nitrogens with one attached hydrogen (secondary N) is 1. The zero-order valence-electron chi connectivity index (χ0n) is 10.0. The molecule has 1 atom stereocenters. The SMILES string of the molecule is CCN(c1nccc2sccc12)C1CCNC1. The van der Waals surface area contributed by atoms with Crippen LogP contribution in [0.4, 0.5) is 5.82 Å². The number of pyridine rings is 1. The van der Waals surface area contributed by atoms with Gasteiger partial charge in [0.2, 0.25) is 0 Å². The third-order valence-corrected chi connectivity index (χ3v) is 4.33. The highest BCUT2D eigenvalue weighted by Crippen LogP contribution is 2.30. The van der Waals surface area contributed by atoms with E-state index in [1.165, 1.54) is 16.5 Å². The normalized spacial score (nSPS) is 19.9. The second kappa shape index (κ2) is 4.63. The van der Waals surface area contributed by atoms with E-state index >= 15 is 0 Å². The molecule has 0 spiro atoms. The fourth-order valence-electron chi connectivity index (χ4n) is 2.60. The summed E-state index contributed by atoms with van der Waals surface area (Å²) in [6.45, 7) is 5.44. The number of anilines is 1. The molecule has 0 bridgehead atoms. The number of nitrogens with zero attached hydrogens (tertiary/aromatic N) is 2. The Labute approximate surface area is 105 Å². The Kier molecular flexibility index (Phi) is 2.99. The Morgan fingerprint density at radius 2 is 2.47 bits per heavy atom. The molecule has 1 N–H and O–H groups in total. The molecule has 2 aromatic heterocycles. The highest BCUT2D eigenvalue weighted by molar-refractivity contribution is 7.17. The van der Waals surface area contributed by atoms with Crippen molar-refractivity contribution in [3.05, 3.63) is 23.7 Å². The predicted molar refractivity (Wildman–Crippen MR) is 73.9 cm³/mol. The molecule has 0 saturated carbocycles. The first-order chi connectivity index (χ1) is 8.40. The van der Waals surface area contributed by atoms with E-state index in [0.717, 1.165) is 25.5 Å². The smallest absolute Gasteiger partial charge is 0.137 e. The summed E-state index contributed by atoms with van der Waals surface area (Å²) in [6, 6.07) is 4.88. The van der Waals surface area contributed by atoms with Crippen LogP contribution >= 0.6 is 11.3 Å². The van der Waals surface area contributed by atoms with Crippen LogP contribution in [0.25, 0.3) is 10.1 Å². The Balaban J connectivity index is 2.02. The van der Waals surface area contributed by atoms with E-state index in [1.54, 1.807) is 11.3 Å². The first-order valence-corrected chi connectivity index (χ1v) is 7.07. The van der Waals surface area contributed by atoms with Gasteiger partial charge in [0.1, 0.15) is 5.82 Å². The second-order valence-corrected chi connectivity index (χ2v) is 5.35. The van der Waals surface area contributed by atoms with E-state index in [2.05, 4.69) is 39.6 Å². The van der Waals surface area contributed by atoms with Gasteiger partial charge in [-0.1, -0.05) is 0 Å². The third-order valence-electron chi connectivity index (χ3n) is 3.45. The minimum Gasteiger partial charge on any atom is -0.352 e. The average Bonchev–Trinajstić information content (AvgIpc) is 3.00. The molecule has 2 aromatic rings. The van der Waals surface area contributed by atoms with Gasteiger partial charge >= 0.3 is 0 Å². The number of aromatic nitrogens is 1. The van der Waals surface area contributed by atoms with Crippen molar-refractivity contribution in [3.8, 4) is 0 Å². The van der Waals surface area contributed by atoms with Crippen LogP contribution in [-0.4, -0.2) is 30.7 Å². The van der Waals surface area contributed by atoms with E-state index in [-0.39, 0.29) is 0 Å². The quantitative estimate of drug-likeness (QED) is 0.903. The van der Waals surface area contributed by atoms with Crippen molar-refractivity contribution in [2.75, 3.05) is 24.5 Å². The van der Waals surface area contributed by atoms with E-state index in [0.29, 0.717) is 6.04 Å². The van der Waals surface area contributed by atoms with Gasteiger partial charge in [0.15, 0.2) is 0 Å². The van der Waals surface area contributed by atoms with E-state index in [1.807, 2.05) is 6.20 Å². The molecular weight excluding hydrogens is 230 g/mol. The van der Waals surface area contributed by atoms with Crippen LogP contribution in [0.15, 0.2) is 23.7 Å². The number of hydrogen-bond donors (Lipinski definition) is 1. The molecular formula is C13H17N3S. The summed E-state index contributed by atoms with van der Waals surface area (Å²) in [6.07, 6.45) is 3.15. The monoisotopic (exact) mass is 247 g/mol. The van der Waals surface area contributed by atoms with Gasteiger partial charge in [-0.05, 0) is 37.4 Å². The van der Waals surface area contributed by atoms with Gasteiger partial charge in [0, 0.05) is 35.4 Å². The minimum absolute atomic E-state index is 0.595. The lowest BCUT2D eigenvalue weighted by molar-refractivity contribution is 0.643. The van der Waals surface area contributed by atoms with Crippen molar-refractivity contribution in [1.29, 1.82) is 0 Å². The van der Waals surface area contributed by atoms with Crippen molar-refractivity contribution in [3.63, 3.8) is 0 Å². The lowest BCUT2D eigenvalue weighted by Crippen LogP contribution is -2.37. The maximum absolute atomic E-state index is 4.60. The molecule has 3 heterocycles. The van der Waals surface area contributed by atoms with Gasteiger partial charge in [-0.2, -0.15) is 0 Å². The molecule has 1 fully saturated rings. The summed E-state index contributed by atoms with van der Waals surface area (Å²) in [5, 5.41) is 6.88. The number of likely N-dealkylation sites (N-methyl/N-ethyl adjacent to an activating group) is 1. The van der Waals surface area contributed by atoms with Gasteiger partial charge < -0.3 is 10.2 Å². The lowest BCUT2D eigenvalue weighted by atomic mass is 10.2. The molecule has 1 aliphatic heterocycles. The molecule has 3 nitrogen and oxygen atoms in total. The van der Waals surface area contributed by atoms with E-state index < -0.39 is 0 Å². The minimum atomic E-state index is 0.595. The molecule has 4 heteroatoms. The fraction of sp³-hybridized carbons (Fsp3) is 0.462. The molecule has 0 aliphatic carbocycles. The van der Waals surface area contributed by atoms with Gasteiger partial charge in [0.05, 0.1) is 0 Å². The van der Waals surface area contributed by atoms with Gasteiger partial charge in [-0.15, -0.1) is 11.3 Å². The Morgan fingerprint density at radius 1 is 1.53 bits per heavy atom. The predicted octanol–water partition coefficient (Wildman–Crippen LogP) is 2.48. The van der Waals surface area contributed by atoms with E-state index in [9.17, 15) is 0 Å². The molecule has 0 aromatic carbocycles. The van der Waals surface area contributed by atoms with Gasteiger partial charge in [-0.25, -0.2) is 4.98 Å². The largest absolute Gasteiger partial charge is 0.352 e. The second-order valence-electron chi connectivity index (χ2n) is 4.40. The Bertz CT molecular complexity index is 502. The number of rotatable bonds is 3. The first-order valence-electron chi connectivity index (χ1n) is 6.19. The first kappa shape index (κ1) is 11.0. The molecule has 90 valence electrons. The summed E-state index contributed by atoms with van der Waals surface area (Å²) < 4.78 is 1.33. The standard InChI is InChI=1S/C13H17N3S/c1-2-16(10-3-6-14-9-10)13-11-5-8-17-12(11)4-7-15-13/h4-5,7-8,10,14H,2-3,6,9H2,1H3. The van der Waals surface area contributed by atoms with Gasteiger partial charge in [0.25, 0.3) is 0 Å². The summed E-state index contributed by atoms with van der Waals surface area (Å²) >= 11 is 1.79. The fourth-order valence-corrected chi connectivity index (χ4v) is 3.37. The van der Waals surface area contributed by atoms with Crippen LogP contribution in [0.2, 0.25) is 0 Å². The summed E-state index contributed by atoms with van der Waals surface area (Å²) in [4.78, 5) is 7.04. The number of hydrogen-bond acceptors (Lipinski definition) is 4. The Hall–Kier alpha value is -1.13. The zero-order valence-corrected chi connectivity index (χ0v) is 10.8. The third kappa shape index (κ3) is 1.91. The van der Waals surface area contributed by atoms with Crippen LogP contribution in [0.3, 0.4) is 0 Å². The molecule has 0 radical (unpaired) electrons. The maximum atomic E-state index is 4.60. The van der Waals surface area contributed by atoms with Crippen molar-refractivity contribution in [2.24, 2.45) is 0 Å². The Morgan fingerprint density at radius 3 is 3.24 bits per heavy atom. The van der Waals surface area contributed by atoms with E-state index in [4.69, 9.17) is 0 Å². The van der Waals surface area contributed by atoms with Crippen LogP contribution in [-0.2, 0) is 0 Å². The van der Waals surface area contributed by atoms with Crippen LogP contribution in [0.1, 0.15) is 13.3 Å². The van der Waals surface area contributed by atoms with Crippen LogP contribution in [0.5, 0.6) is 0 Å². The van der Waals surface area contributed by atoms with Gasteiger partial charge in [-0.3, -0.25) is 0 Å². The maximum Gasteiger partial charge on any atom is 0.137 e. The molecule has 17 heavy (non-hydrogen) atoms. The topological polar surface area (TPSA) is 28.2 Å². The molecule has 0 amide bonds. The average molecular weight is 247 g/mol. The highest BCUT2D eigenvalue weighted by Gasteiger charge is 2.23. The lowest BCUT2D eigenvalue weighted by Gasteiger charge is -2.28. The van der Waals surface area contributed by atoms with Crippen molar-refractivity contribution < 1.29 is 0 Å². The van der Waals surface area contributed by atoms with Crippen molar-refractivity contribution in [1.82, 2.24) is 10.3 Å².